The van der Waals surface area contributed by atoms with Crippen molar-refractivity contribution in [3.63, 3.8) is 0 Å². The fourth-order valence-corrected chi connectivity index (χ4v) is 3.00. The van der Waals surface area contributed by atoms with Gasteiger partial charge < -0.3 is 14.8 Å². The average Bonchev–Trinajstić information content (AvgIpc) is 3.30. The van der Waals surface area contributed by atoms with Gasteiger partial charge >= 0.3 is 0 Å². The zero-order valence-electron chi connectivity index (χ0n) is 14.2. The molecule has 0 radical (unpaired) electrons. The molecule has 3 rings (SSSR count). The normalized spacial score (nSPS) is 10.6. The minimum Gasteiger partial charge on any atom is -0.352 e. The molecule has 0 saturated heterocycles. The molecular formula is C17H20N6OS. The molecule has 8 heteroatoms. The monoisotopic (exact) mass is 356 g/mol. The number of anilines is 1. The van der Waals surface area contributed by atoms with E-state index in [1.54, 1.807) is 12.5 Å². The molecule has 2 aromatic heterocycles. The van der Waals surface area contributed by atoms with E-state index >= 15 is 0 Å². The second kappa shape index (κ2) is 7.89. The summed E-state index contributed by atoms with van der Waals surface area (Å²) in [5, 5.41) is 3.78. The molecular weight excluding hydrogens is 336 g/mol. The van der Waals surface area contributed by atoms with E-state index in [0.29, 0.717) is 18.1 Å². The number of rotatable bonds is 7. The first-order chi connectivity index (χ1) is 12.1. The van der Waals surface area contributed by atoms with Crippen LogP contribution in [-0.4, -0.2) is 45.5 Å². The molecule has 1 amide bonds. The fourth-order valence-electron chi connectivity index (χ4n) is 2.26. The SMILES string of the molecule is CN(C)c1nsc(-c2ccc(C(=O)NCCCn3ccnc3)cc2)n1. The Hall–Kier alpha value is -2.74. The summed E-state index contributed by atoms with van der Waals surface area (Å²) in [5.41, 5.74) is 1.60. The lowest BCUT2D eigenvalue weighted by Gasteiger charge is -2.06. The Balaban J connectivity index is 1.53. The number of hydrogen-bond acceptors (Lipinski definition) is 6. The molecule has 0 atom stereocenters. The Kier molecular flexibility index (Phi) is 5.39. The summed E-state index contributed by atoms with van der Waals surface area (Å²) in [6.07, 6.45) is 6.29. The minimum absolute atomic E-state index is 0.0663. The predicted octanol–water partition coefficient (Wildman–Crippen LogP) is 2.29. The number of nitrogens with one attached hydrogen (secondary N) is 1. The van der Waals surface area contributed by atoms with Gasteiger partial charge in [0, 0.05) is 50.7 Å². The Morgan fingerprint density at radius 2 is 2.08 bits per heavy atom. The van der Waals surface area contributed by atoms with Crippen LogP contribution in [0.3, 0.4) is 0 Å². The second-order valence-corrected chi connectivity index (χ2v) is 6.53. The van der Waals surface area contributed by atoms with Crippen LogP contribution in [0.15, 0.2) is 43.0 Å². The van der Waals surface area contributed by atoms with Crippen molar-refractivity contribution in [2.24, 2.45) is 0 Å². The molecule has 25 heavy (non-hydrogen) atoms. The number of amides is 1. The lowest BCUT2D eigenvalue weighted by atomic mass is 10.1. The van der Waals surface area contributed by atoms with Gasteiger partial charge in [0.25, 0.3) is 5.91 Å². The van der Waals surface area contributed by atoms with Crippen molar-refractivity contribution in [1.29, 1.82) is 0 Å². The molecule has 2 heterocycles. The zero-order chi connectivity index (χ0) is 17.6. The molecule has 130 valence electrons. The number of imidazole rings is 1. The summed E-state index contributed by atoms with van der Waals surface area (Å²) in [4.78, 5) is 22.5. The Labute approximate surface area is 150 Å². The first kappa shape index (κ1) is 17.1. The predicted molar refractivity (Wildman–Crippen MR) is 98.8 cm³/mol. The van der Waals surface area contributed by atoms with Crippen LogP contribution >= 0.6 is 11.5 Å². The molecule has 0 fully saturated rings. The van der Waals surface area contributed by atoms with Gasteiger partial charge in [0.05, 0.1) is 6.33 Å². The van der Waals surface area contributed by atoms with Crippen LogP contribution in [0.2, 0.25) is 0 Å². The van der Waals surface area contributed by atoms with Crippen LogP contribution in [-0.2, 0) is 6.54 Å². The molecule has 0 unspecified atom stereocenters. The molecule has 7 nitrogen and oxygen atoms in total. The number of aromatic nitrogens is 4. The van der Waals surface area contributed by atoms with Gasteiger partial charge in [0.2, 0.25) is 5.95 Å². The van der Waals surface area contributed by atoms with Crippen molar-refractivity contribution in [1.82, 2.24) is 24.2 Å². The third-order valence-corrected chi connectivity index (χ3v) is 4.40. The van der Waals surface area contributed by atoms with Crippen molar-refractivity contribution in [2.45, 2.75) is 13.0 Å². The van der Waals surface area contributed by atoms with Gasteiger partial charge in [-0.25, -0.2) is 4.98 Å². The molecule has 0 saturated carbocycles. The van der Waals surface area contributed by atoms with E-state index in [1.807, 2.05) is 54.0 Å². The lowest BCUT2D eigenvalue weighted by molar-refractivity contribution is 0.0953. The highest BCUT2D eigenvalue weighted by molar-refractivity contribution is 7.09. The molecule has 1 aromatic carbocycles. The maximum Gasteiger partial charge on any atom is 0.251 e. The Morgan fingerprint density at radius 1 is 1.28 bits per heavy atom. The lowest BCUT2D eigenvalue weighted by Crippen LogP contribution is -2.25. The van der Waals surface area contributed by atoms with E-state index in [9.17, 15) is 4.79 Å². The summed E-state index contributed by atoms with van der Waals surface area (Å²) in [6.45, 7) is 1.46. The highest BCUT2D eigenvalue weighted by Gasteiger charge is 2.09. The van der Waals surface area contributed by atoms with Crippen molar-refractivity contribution in [2.75, 3.05) is 25.5 Å². The van der Waals surface area contributed by atoms with Crippen LogP contribution in [0, 0.1) is 0 Å². The van der Waals surface area contributed by atoms with Gasteiger partial charge in [-0.3, -0.25) is 4.79 Å². The molecule has 1 N–H and O–H groups in total. The van der Waals surface area contributed by atoms with Crippen LogP contribution < -0.4 is 10.2 Å². The van der Waals surface area contributed by atoms with E-state index in [4.69, 9.17) is 0 Å². The van der Waals surface area contributed by atoms with Gasteiger partial charge in [-0.1, -0.05) is 12.1 Å². The summed E-state index contributed by atoms with van der Waals surface area (Å²) >= 11 is 1.35. The van der Waals surface area contributed by atoms with E-state index in [2.05, 4.69) is 19.7 Å². The summed E-state index contributed by atoms with van der Waals surface area (Å²) in [7, 11) is 3.82. The van der Waals surface area contributed by atoms with Gasteiger partial charge in [0.1, 0.15) is 5.01 Å². The van der Waals surface area contributed by atoms with Crippen molar-refractivity contribution in [3.8, 4) is 10.6 Å². The van der Waals surface area contributed by atoms with Crippen molar-refractivity contribution >= 4 is 23.4 Å². The van der Waals surface area contributed by atoms with Crippen molar-refractivity contribution < 1.29 is 4.79 Å². The quantitative estimate of drug-likeness (QED) is 0.657. The zero-order valence-corrected chi connectivity index (χ0v) is 15.0. The summed E-state index contributed by atoms with van der Waals surface area (Å²) < 4.78 is 6.28. The molecule has 3 aromatic rings. The maximum absolute atomic E-state index is 12.2. The summed E-state index contributed by atoms with van der Waals surface area (Å²) in [5.74, 6) is 0.628. The Bertz CT molecular complexity index is 810. The van der Waals surface area contributed by atoms with Crippen LogP contribution in [0.1, 0.15) is 16.8 Å². The number of benzene rings is 1. The molecule has 0 bridgehead atoms. The van der Waals surface area contributed by atoms with Crippen LogP contribution in [0.25, 0.3) is 10.6 Å². The number of nitrogens with zero attached hydrogens (tertiary/aromatic N) is 5. The first-order valence-corrected chi connectivity index (χ1v) is 8.76. The van der Waals surface area contributed by atoms with Gasteiger partial charge in [-0.05, 0) is 30.1 Å². The fraction of sp³-hybridized carbons (Fsp3) is 0.294. The Morgan fingerprint density at radius 3 is 2.72 bits per heavy atom. The number of hydrogen-bond donors (Lipinski definition) is 1. The van der Waals surface area contributed by atoms with E-state index in [0.717, 1.165) is 23.5 Å². The maximum atomic E-state index is 12.2. The standard InChI is InChI=1S/C17H20N6OS/c1-22(2)17-20-16(25-21-17)14-6-4-13(5-7-14)15(24)19-8-3-10-23-11-9-18-12-23/h4-7,9,11-12H,3,8,10H2,1-2H3,(H,19,24). The van der Waals surface area contributed by atoms with E-state index in [1.165, 1.54) is 11.5 Å². The number of aryl methyl sites for hydroxylation is 1. The average molecular weight is 356 g/mol. The molecule has 0 aliphatic rings. The molecule has 0 spiro atoms. The smallest absolute Gasteiger partial charge is 0.251 e. The third-order valence-electron chi connectivity index (χ3n) is 3.65. The minimum atomic E-state index is -0.0663. The van der Waals surface area contributed by atoms with Crippen molar-refractivity contribution in [3.05, 3.63) is 48.5 Å². The third kappa shape index (κ3) is 4.42. The van der Waals surface area contributed by atoms with E-state index < -0.39 is 0 Å². The van der Waals surface area contributed by atoms with Crippen LogP contribution in [0.4, 0.5) is 5.95 Å². The van der Waals surface area contributed by atoms with Gasteiger partial charge in [0.15, 0.2) is 0 Å². The summed E-state index contributed by atoms with van der Waals surface area (Å²) in [6, 6.07) is 7.44. The second-order valence-electron chi connectivity index (χ2n) is 5.78. The van der Waals surface area contributed by atoms with Gasteiger partial charge in [-0.15, -0.1) is 0 Å². The molecule has 0 aliphatic heterocycles. The van der Waals surface area contributed by atoms with E-state index in [-0.39, 0.29) is 5.91 Å². The number of carbonyl (C=O) groups is 1. The topological polar surface area (TPSA) is 75.9 Å². The molecule has 0 aliphatic carbocycles. The largest absolute Gasteiger partial charge is 0.352 e. The first-order valence-electron chi connectivity index (χ1n) is 7.99. The highest BCUT2D eigenvalue weighted by Crippen LogP contribution is 2.24. The highest BCUT2D eigenvalue weighted by atomic mass is 32.1. The number of carbonyl (C=O) groups excluding carboxylic acids is 1. The van der Waals surface area contributed by atoms with Crippen LogP contribution in [0.5, 0.6) is 0 Å². The van der Waals surface area contributed by atoms with Gasteiger partial charge in [-0.2, -0.15) is 9.36 Å².